The van der Waals surface area contributed by atoms with Crippen molar-refractivity contribution in [1.82, 2.24) is 20.9 Å². The van der Waals surface area contributed by atoms with Gasteiger partial charge in [-0.1, -0.05) is 56.3 Å². The van der Waals surface area contributed by atoms with Crippen molar-refractivity contribution in [3.8, 4) is 5.75 Å². The minimum absolute atomic E-state index is 0.00628. The van der Waals surface area contributed by atoms with E-state index in [1.165, 1.54) is 4.90 Å². The monoisotopic (exact) mass is 534 g/mol. The summed E-state index contributed by atoms with van der Waals surface area (Å²) in [5.74, 6) is -0.458. The lowest BCUT2D eigenvalue weighted by Gasteiger charge is -2.26. The number of hydrogen-bond donors (Lipinski definition) is 3. The Bertz CT molecular complexity index is 1160. The Hall–Kier alpha value is -3.88. The Kier molecular flexibility index (Phi) is 9.57. The van der Waals surface area contributed by atoms with Crippen molar-refractivity contribution >= 4 is 23.6 Å². The summed E-state index contributed by atoms with van der Waals surface area (Å²) in [7, 11) is 0. The Morgan fingerprint density at radius 1 is 1.00 bits per heavy atom. The second-order valence-corrected chi connectivity index (χ2v) is 10.7. The summed E-state index contributed by atoms with van der Waals surface area (Å²) in [6.45, 7) is 4.77. The molecular weight excluding hydrogens is 496 g/mol. The van der Waals surface area contributed by atoms with Crippen LogP contribution in [0.5, 0.6) is 5.75 Å². The van der Waals surface area contributed by atoms with E-state index in [0.717, 1.165) is 18.4 Å². The van der Waals surface area contributed by atoms with Crippen LogP contribution in [0, 0.1) is 11.8 Å². The summed E-state index contributed by atoms with van der Waals surface area (Å²) in [5.41, 5.74) is 1.18. The molecule has 208 valence electrons. The summed E-state index contributed by atoms with van der Waals surface area (Å²) in [6.07, 6.45) is 2.25. The van der Waals surface area contributed by atoms with Gasteiger partial charge in [0.05, 0.1) is 18.2 Å². The lowest BCUT2D eigenvalue weighted by atomic mass is 10.1. The number of ether oxygens (including phenoxy) is 1. The molecule has 2 aromatic carbocycles. The van der Waals surface area contributed by atoms with Crippen LogP contribution >= 0.6 is 0 Å². The lowest BCUT2D eigenvalue weighted by Crippen LogP contribution is -2.48. The molecule has 1 aliphatic heterocycles. The van der Waals surface area contributed by atoms with Crippen LogP contribution in [-0.4, -0.2) is 60.3 Å². The summed E-state index contributed by atoms with van der Waals surface area (Å²) in [5, 5.41) is 8.75. The van der Waals surface area contributed by atoms with E-state index in [1.54, 1.807) is 24.3 Å². The molecule has 2 atom stereocenters. The summed E-state index contributed by atoms with van der Waals surface area (Å²) in [4.78, 5) is 54.4. The molecule has 9 nitrogen and oxygen atoms in total. The van der Waals surface area contributed by atoms with E-state index in [-0.39, 0.29) is 62.2 Å². The normalized spacial score (nSPS) is 21.1. The second kappa shape index (κ2) is 13.3. The zero-order valence-corrected chi connectivity index (χ0v) is 22.7. The van der Waals surface area contributed by atoms with Gasteiger partial charge in [-0.15, -0.1) is 0 Å². The first-order chi connectivity index (χ1) is 18.8. The molecule has 0 saturated heterocycles. The standard InChI is InChI=1S/C30H38N4O5/c1-20(2)25-19-39-26-11-7-6-10-23(26)29(37)33-24(30(38)31-16-21-12-13-21)14-15-28(36)34(18-27(35)32-25)17-22-8-4-3-5-9-22/h3-11,20-21,24-25H,12-19H2,1-2H3,(H,31,38)(H,32,35)(H,33,37)/t24-,25+/m0/s1. The van der Waals surface area contributed by atoms with Crippen LogP contribution in [-0.2, 0) is 20.9 Å². The molecule has 4 rings (SSSR count). The van der Waals surface area contributed by atoms with Gasteiger partial charge in [0.15, 0.2) is 0 Å². The van der Waals surface area contributed by atoms with Crippen LogP contribution in [0.2, 0.25) is 0 Å². The molecule has 39 heavy (non-hydrogen) atoms. The fraction of sp³-hybridized carbons (Fsp3) is 0.467. The fourth-order valence-electron chi connectivity index (χ4n) is 4.44. The van der Waals surface area contributed by atoms with Crippen LogP contribution in [0.1, 0.15) is 55.5 Å². The van der Waals surface area contributed by atoms with Crippen molar-refractivity contribution in [3.63, 3.8) is 0 Å². The molecule has 3 N–H and O–H groups in total. The molecule has 2 aliphatic rings. The minimum atomic E-state index is -0.908. The molecule has 2 aromatic rings. The van der Waals surface area contributed by atoms with E-state index in [0.29, 0.717) is 23.8 Å². The molecule has 1 fully saturated rings. The zero-order valence-electron chi connectivity index (χ0n) is 22.7. The van der Waals surface area contributed by atoms with E-state index >= 15 is 0 Å². The first-order valence-corrected chi connectivity index (χ1v) is 13.7. The topological polar surface area (TPSA) is 117 Å². The first-order valence-electron chi connectivity index (χ1n) is 13.7. The summed E-state index contributed by atoms with van der Waals surface area (Å²) in [6, 6.07) is 15.0. The van der Waals surface area contributed by atoms with Gasteiger partial charge in [-0.3, -0.25) is 19.2 Å². The zero-order chi connectivity index (χ0) is 27.8. The molecule has 9 heteroatoms. The van der Waals surface area contributed by atoms with Crippen LogP contribution in [0.25, 0.3) is 0 Å². The van der Waals surface area contributed by atoms with Crippen molar-refractivity contribution in [2.24, 2.45) is 11.8 Å². The number of nitrogens with zero attached hydrogens (tertiary/aromatic N) is 1. The van der Waals surface area contributed by atoms with Gasteiger partial charge in [-0.05, 0) is 48.8 Å². The van der Waals surface area contributed by atoms with Crippen LogP contribution in [0.4, 0.5) is 0 Å². The highest BCUT2D eigenvalue weighted by Crippen LogP contribution is 2.27. The van der Waals surface area contributed by atoms with Crippen molar-refractivity contribution in [3.05, 3.63) is 65.7 Å². The molecule has 0 radical (unpaired) electrons. The van der Waals surface area contributed by atoms with Gasteiger partial charge >= 0.3 is 0 Å². The number of fused-ring (bicyclic) bond motifs is 1. The molecule has 0 bridgehead atoms. The van der Waals surface area contributed by atoms with Gasteiger partial charge in [0.25, 0.3) is 5.91 Å². The smallest absolute Gasteiger partial charge is 0.255 e. The highest BCUT2D eigenvalue weighted by molar-refractivity contribution is 5.99. The minimum Gasteiger partial charge on any atom is -0.491 e. The fourth-order valence-corrected chi connectivity index (χ4v) is 4.44. The number of rotatable bonds is 6. The third kappa shape index (κ3) is 8.30. The predicted molar refractivity (Wildman–Crippen MR) is 147 cm³/mol. The van der Waals surface area contributed by atoms with Crippen molar-refractivity contribution < 1.29 is 23.9 Å². The van der Waals surface area contributed by atoms with E-state index in [9.17, 15) is 19.2 Å². The number of nitrogens with one attached hydrogen (secondary N) is 3. The van der Waals surface area contributed by atoms with E-state index in [2.05, 4.69) is 16.0 Å². The molecule has 1 heterocycles. The Balaban J connectivity index is 1.60. The Morgan fingerprint density at radius 3 is 2.44 bits per heavy atom. The number of amides is 4. The van der Waals surface area contributed by atoms with Gasteiger partial charge < -0.3 is 25.6 Å². The third-order valence-corrected chi connectivity index (χ3v) is 7.14. The quantitative estimate of drug-likeness (QED) is 0.527. The third-order valence-electron chi connectivity index (χ3n) is 7.14. The Labute approximate surface area is 229 Å². The molecule has 1 saturated carbocycles. The average molecular weight is 535 g/mol. The lowest BCUT2D eigenvalue weighted by molar-refractivity contribution is -0.137. The number of para-hydroxylation sites is 1. The van der Waals surface area contributed by atoms with E-state index in [4.69, 9.17) is 4.74 Å². The molecule has 0 spiro atoms. The average Bonchev–Trinajstić information content (AvgIpc) is 3.76. The molecule has 4 amide bonds. The maximum atomic E-state index is 13.4. The summed E-state index contributed by atoms with van der Waals surface area (Å²) >= 11 is 0. The van der Waals surface area contributed by atoms with Gasteiger partial charge in [0.2, 0.25) is 17.7 Å². The Morgan fingerprint density at radius 2 is 1.72 bits per heavy atom. The number of benzene rings is 2. The van der Waals surface area contributed by atoms with Gasteiger partial charge in [0, 0.05) is 19.5 Å². The largest absolute Gasteiger partial charge is 0.491 e. The molecular formula is C30H38N4O5. The maximum absolute atomic E-state index is 13.4. The van der Waals surface area contributed by atoms with Crippen LogP contribution < -0.4 is 20.7 Å². The van der Waals surface area contributed by atoms with E-state index in [1.807, 2.05) is 44.2 Å². The second-order valence-electron chi connectivity index (χ2n) is 10.7. The van der Waals surface area contributed by atoms with Gasteiger partial charge in [0.1, 0.15) is 18.4 Å². The predicted octanol–water partition coefficient (Wildman–Crippen LogP) is 2.65. The number of hydrogen-bond acceptors (Lipinski definition) is 5. The van der Waals surface area contributed by atoms with Crippen molar-refractivity contribution in [2.45, 2.75) is 58.2 Å². The van der Waals surface area contributed by atoms with Crippen LogP contribution in [0.15, 0.2) is 54.6 Å². The first kappa shape index (κ1) is 28.1. The van der Waals surface area contributed by atoms with Gasteiger partial charge in [-0.25, -0.2) is 0 Å². The maximum Gasteiger partial charge on any atom is 0.255 e. The van der Waals surface area contributed by atoms with Crippen molar-refractivity contribution in [2.75, 3.05) is 19.7 Å². The van der Waals surface area contributed by atoms with Crippen molar-refractivity contribution in [1.29, 1.82) is 0 Å². The molecule has 1 aliphatic carbocycles. The highest BCUT2D eigenvalue weighted by atomic mass is 16.5. The van der Waals surface area contributed by atoms with Crippen LogP contribution in [0.3, 0.4) is 0 Å². The molecule has 0 aromatic heterocycles. The SMILES string of the molecule is CC(C)[C@H]1COc2ccccc2C(=O)N[C@H](C(=O)NCC2CC2)CCC(=O)N(Cc2ccccc2)CC(=O)N1. The molecule has 0 unspecified atom stereocenters. The number of carbonyl (C=O) groups is 4. The highest BCUT2D eigenvalue weighted by Gasteiger charge is 2.29. The van der Waals surface area contributed by atoms with E-state index < -0.39 is 11.9 Å². The summed E-state index contributed by atoms with van der Waals surface area (Å²) < 4.78 is 6.03. The number of carbonyl (C=O) groups excluding carboxylic acids is 4. The van der Waals surface area contributed by atoms with Gasteiger partial charge in [-0.2, -0.15) is 0 Å².